The lowest BCUT2D eigenvalue weighted by Crippen LogP contribution is -2.43. The number of carbonyl (C=O) groups excluding carboxylic acids is 1. The van der Waals surface area contributed by atoms with Crippen LogP contribution in [-0.2, 0) is 23.7 Å². The van der Waals surface area contributed by atoms with Crippen LogP contribution < -0.4 is 4.74 Å². The normalized spacial score (nSPS) is 13.7. The minimum Gasteiger partial charge on any atom is -0.465 e. The summed E-state index contributed by atoms with van der Waals surface area (Å²) in [4.78, 5) is 12.7. The molecule has 0 saturated heterocycles. The molecule has 0 bridgehead atoms. The van der Waals surface area contributed by atoms with E-state index in [0.29, 0.717) is 38.8 Å². The molecule has 0 amide bonds. The van der Waals surface area contributed by atoms with E-state index in [1.165, 1.54) is 5.56 Å². The Morgan fingerprint density at radius 3 is 2.03 bits per heavy atom. The van der Waals surface area contributed by atoms with E-state index in [1.54, 1.807) is 6.92 Å². The van der Waals surface area contributed by atoms with E-state index in [0.717, 1.165) is 12.2 Å². The van der Waals surface area contributed by atoms with Crippen molar-refractivity contribution >= 4 is 5.97 Å². The van der Waals surface area contributed by atoms with E-state index in [-0.39, 0.29) is 19.2 Å². The Kier molecular flexibility index (Phi) is 12.7. The molecule has 0 heterocycles. The van der Waals surface area contributed by atoms with Gasteiger partial charge in [-0.25, -0.2) is 0 Å². The van der Waals surface area contributed by atoms with Crippen molar-refractivity contribution < 1.29 is 28.5 Å². The summed E-state index contributed by atoms with van der Waals surface area (Å²) >= 11 is 0. The third kappa shape index (κ3) is 8.62. The van der Waals surface area contributed by atoms with Crippen LogP contribution in [0, 0.1) is 5.41 Å². The maximum atomic E-state index is 12.7. The zero-order chi connectivity index (χ0) is 22.4. The third-order valence-electron chi connectivity index (χ3n) is 5.17. The molecule has 2 unspecified atom stereocenters. The van der Waals surface area contributed by atoms with Crippen molar-refractivity contribution in [2.24, 2.45) is 5.41 Å². The zero-order valence-electron chi connectivity index (χ0n) is 19.6. The Balaban J connectivity index is 2.67. The fourth-order valence-corrected chi connectivity index (χ4v) is 3.04. The second kappa shape index (κ2) is 14.4. The van der Waals surface area contributed by atoms with Crippen molar-refractivity contribution in [3.05, 3.63) is 29.8 Å². The van der Waals surface area contributed by atoms with Gasteiger partial charge in [0.15, 0.2) is 6.29 Å². The molecule has 0 aromatic heterocycles. The minimum absolute atomic E-state index is 0.234. The molecule has 0 N–H and O–H groups in total. The highest BCUT2D eigenvalue weighted by Gasteiger charge is 2.40. The van der Waals surface area contributed by atoms with E-state index in [1.807, 2.05) is 32.9 Å². The summed E-state index contributed by atoms with van der Waals surface area (Å²) < 4.78 is 28.2. The minimum atomic E-state index is -0.889. The van der Waals surface area contributed by atoms with Crippen molar-refractivity contribution in [1.29, 1.82) is 0 Å². The van der Waals surface area contributed by atoms with Gasteiger partial charge in [0.1, 0.15) is 11.2 Å². The summed E-state index contributed by atoms with van der Waals surface area (Å²) in [7, 11) is 0. The Bertz CT molecular complexity index is 578. The van der Waals surface area contributed by atoms with Crippen LogP contribution in [0.3, 0.4) is 0 Å². The maximum absolute atomic E-state index is 12.7. The van der Waals surface area contributed by atoms with Gasteiger partial charge in [0.2, 0.25) is 0 Å². The lowest BCUT2D eigenvalue weighted by atomic mass is 9.86. The number of benzene rings is 1. The van der Waals surface area contributed by atoms with Gasteiger partial charge in [-0.2, -0.15) is 0 Å². The van der Waals surface area contributed by atoms with Crippen LogP contribution in [0.1, 0.15) is 65.9 Å². The maximum Gasteiger partial charge on any atom is 0.316 e. The first-order valence-electron chi connectivity index (χ1n) is 11.1. The number of carbonyl (C=O) groups is 1. The quantitative estimate of drug-likeness (QED) is 0.276. The van der Waals surface area contributed by atoms with Gasteiger partial charge in [0.05, 0.1) is 26.4 Å². The van der Waals surface area contributed by atoms with Gasteiger partial charge < -0.3 is 23.7 Å². The van der Waals surface area contributed by atoms with Crippen LogP contribution in [0.2, 0.25) is 0 Å². The Morgan fingerprint density at radius 2 is 1.53 bits per heavy atom. The molecule has 172 valence electrons. The van der Waals surface area contributed by atoms with E-state index in [4.69, 9.17) is 23.7 Å². The molecular formula is C24H40O6. The molecule has 0 saturated carbocycles. The average molecular weight is 425 g/mol. The number of rotatable bonds is 16. The lowest BCUT2D eigenvalue weighted by Gasteiger charge is -2.31. The second-order valence-corrected chi connectivity index (χ2v) is 7.46. The molecule has 2 atom stereocenters. The fraction of sp³-hybridized carbons (Fsp3) is 0.708. The number of ether oxygens (including phenoxy) is 5. The van der Waals surface area contributed by atoms with Crippen LogP contribution in [0.15, 0.2) is 24.3 Å². The molecule has 0 aliphatic carbocycles. The number of esters is 1. The van der Waals surface area contributed by atoms with Crippen molar-refractivity contribution in [3.63, 3.8) is 0 Å². The van der Waals surface area contributed by atoms with Crippen molar-refractivity contribution in [1.82, 2.24) is 0 Å². The highest BCUT2D eigenvalue weighted by molar-refractivity contribution is 5.77. The molecule has 6 heteroatoms. The zero-order valence-corrected chi connectivity index (χ0v) is 19.6. The Labute approximate surface area is 182 Å². The molecule has 0 fully saturated rings. The molecule has 30 heavy (non-hydrogen) atoms. The molecule has 0 aliphatic rings. The van der Waals surface area contributed by atoms with Crippen molar-refractivity contribution in [2.45, 2.75) is 66.6 Å². The van der Waals surface area contributed by atoms with E-state index >= 15 is 0 Å². The smallest absolute Gasteiger partial charge is 0.316 e. The number of hydrogen-bond acceptors (Lipinski definition) is 6. The first-order chi connectivity index (χ1) is 14.4. The molecule has 1 rings (SSSR count). The fourth-order valence-electron chi connectivity index (χ4n) is 3.04. The van der Waals surface area contributed by atoms with Crippen LogP contribution in [0.25, 0.3) is 0 Å². The molecule has 0 radical (unpaired) electrons. The molecule has 0 spiro atoms. The summed E-state index contributed by atoms with van der Waals surface area (Å²) in [6.45, 7) is 14.0. The van der Waals surface area contributed by atoms with Crippen LogP contribution >= 0.6 is 0 Å². The van der Waals surface area contributed by atoms with Gasteiger partial charge in [-0.15, -0.1) is 0 Å². The molecule has 1 aromatic rings. The third-order valence-corrected chi connectivity index (χ3v) is 5.17. The highest BCUT2D eigenvalue weighted by Crippen LogP contribution is 2.27. The van der Waals surface area contributed by atoms with Crippen LogP contribution in [0.5, 0.6) is 5.75 Å². The largest absolute Gasteiger partial charge is 0.465 e. The van der Waals surface area contributed by atoms with Crippen LogP contribution in [0.4, 0.5) is 0 Å². The summed E-state index contributed by atoms with van der Waals surface area (Å²) in [5, 5.41) is 0. The summed E-state index contributed by atoms with van der Waals surface area (Å²) in [5.41, 5.74) is 0.407. The summed E-state index contributed by atoms with van der Waals surface area (Å²) in [6.07, 6.45) is 1.08. The molecular weight excluding hydrogens is 384 g/mol. The second-order valence-electron chi connectivity index (χ2n) is 7.46. The first kappa shape index (κ1) is 26.4. The summed E-state index contributed by atoms with van der Waals surface area (Å²) in [6, 6.07) is 8.11. The molecule has 6 nitrogen and oxygen atoms in total. The highest BCUT2D eigenvalue weighted by atomic mass is 16.7. The van der Waals surface area contributed by atoms with Gasteiger partial charge in [-0.1, -0.05) is 26.0 Å². The van der Waals surface area contributed by atoms with Crippen molar-refractivity contribution in [3.8, 4) is 5.75 Å². The van der Waals surface area contributed by atoms with E-state index in [9.17, 15) is 4.79 Å². The van der Waals surface area contributed by atoms with Gasteiger partial charge in [0, 0.05) is 13.2 Å². The summed E-state index contributed by atoms with van der Waals surface area (Å²) in [5.74, 6) is 0.971. The molecule has 1 aromatic carbocycles. The lowest BCUT2D eigenvalue weighted by molar-refractivity contribution is -0.168. The van der Waals surface area contributed by atoms with E-state index < -0.39 is 11.7 Å². The Hall–Kier alpha value is -1.63. The van der Waals surface area contributed by atoms with Crippen molar-refractivity contribution in [2.75, 3.05) is 39.6 Å². The predicted octanol–water partition coefficient (Wildman–Crippen LogP) is 4.95. The SMILES string of the molecule is CCOCC(CCOC(C)Oc1ccc(C(C)CC)cc1)(COCC)C(=O)OCC. The Morgan fingerprint density at radius 1 is 0.933 bits per heavy atom. The van der Waals surface area contributed by atoms with Gasteiger partial charge in [-0.05, 0) is 64.2 Å². The topological polar surface area (TPSA) is 63.2 Å². The van der Waals surface area contributed by atoms with Gasteiger partial charge >= 0.3 is 5.97 Å². The van der Waals surface area contributed by atoms with Gasteiger partial charge in [0.25, 0.3) is 0 Å². The first-order valence-corrected chi connectivity index (χ1v) is 11.1. The predicted molar refractivity (Wildman–Crippen MR) is 118 cm³/mol. The standard InChI is InChI=1S/C24H40O6/c1-7-19(5)21-11-13-22(14-12-21)30-20(6)29-16-15-24(17-26-8-2,18-27-9-3)23(25)28-10-4/h11-14,19-20H,7-10,15-18H2,1-6H3. The van der Waals surface area contributed by atoms with Gasteiger partial charge in [-0.3, -0.25) is 4.79 Å². The monoisotopic (exact) mass is 424 g/mol. The average Bonchev–Trinajstić information content (AvgIpc) is 2.75. The van der Waals surface area contributed by atoms with Crippen LogP contribution in [-0.4, -0.2) is 51.9 Å². The number of hydrogen-bond donors (Lipinski definition) is 0. The van der Waals surface area contributed by atoms with E-state index in [2.05, 4.69) is 26.0 Å². The molecule has 0 aliphatic heterocycles.